The van der Waals surface area contributed by atoms with Crippen molar-refractivity contribution in [2.24, 2.45) is 0 Å². The number of urea groups is 1. The van der Waals surface area contributed by atoms with E-state index >= 15 is 0 Å². The predicted octanol–water partition coefficient (Wildman–Crippen LogP) is 0.318. The van der Waals surface area contributed by atoms with Crippen LogP contribution in [0.3, 0.4) is 0 Å². The van der Waals surface area contributed by atoms with E-state index in [2.05, 4.69) is 5.32 Å². The van der Waals surface area contributed by atoms with Crippen LogP contribution in [0.15, 0.2) is 0 Å². The highest BCUT2D eigenvalue weighted by molar-refractivity contribution is 7.99. The SMILES string of the molecule is O=C(O)C1CSCN1C(=O)NC1CC1. The summed E-state index contributed by atoms with van der Waals surface area (Å²) in [4.78, 5) is 23.7. The first-order valence-corrected chi connectivity index (χ1v) is 5.71. The van der Waals surface area contributed by atoms with Gasteiger partial charge in [-0.1, -0.05) is 0 Å². The van der Waals surface area contributed by atoms with Gasteiger partial charge in [-0.3, -0.25) is 0 Å². The van der Waals surface area contributed by atoms with Gasteiger partial charge in [0, 0.05) is 11.8 Å². The van der Waals surface area contributed by atoms with Gasteiger partial charge in [0.25, 0.3) is 0 Å². The van der Waals surface area contributed by atoms with Crippen LogP contribution in [0.5, 0.6) is 0 Å². The number of nitrogens with zero attached hydrogens (tertiary/aromatic N) is 1. The Hall–Kier alpha value is -0.910. The Morgan fingerprint density at radius 3 is 2.71 bits per heavy atom. The highest BCUT2D eigenvalue weighted by Crippen LogP contribution is 2.23. The van der Waals surface area contributed by atoms with Crippen LogP contribution >= 0.6 is 11.8 Å². The van der Waals surface area contributed by atoms with E-state index in [0.29, 0.717) is 11.6 Å². The number of carboxylic acid groups (broad SMARTS) is 1. The maximum absolute atomic E-state index is 11.5. The molecule has 0 spiro atoms. The molecular weight excluding hydrogens is 204 g/mol. The first-order valence-electron chi connectivity index (χ1n) is 4.56. The lowest BCUT2D eigenvalue weighted by molar-refractivity contribution is -0.140. The second kappa shape index (κ2) is 3.68. The van der Waals surface area contributed by atoms with Gasteiger partial charge in [0.15, 0.2) is 0 Å². The lowest BCUT2D eigenvalue weighted by Gasteiger charge is -2.20. The van der Waals surface area contributed by atoms with Gasteiger partial charge in [-0.05, 0) is 12.8 Å². The zero-order valence-corrected chi connectivity index (χ0v) is 8.42. The Morgan fingerprint density at radius 2 is 2.14 bits per heavy atom. The molecule has 2 aliphatic rings. The van der Waals surface area contributed by atoms with Crippen LogP contribution in [-0.2, 0) is 4.79 Å². The number of carboxylic acids is 1. The van der Waals surface area contributed by atoms with Gasteiger partial charge in [0.05, 0.1) is 5.88 Å². The molecule has 5 nitrogen and oxygen atoms in total. The fourth-order valence-corrected chi connectivity index (χ4v) is 2.48. The van der Waals surface area contributed by atoms with Crippen molar-refractivity contribution in [3.8, 4) is 0 Å². The van der Waals surface area contributed by atoms with Crippen LogP contribution in [0.25, 0.3) is 0 Å². The van der Waals surface area contributed by atoms with E-state index in [1.54, 1.807) is 0 Å². The normalized spacial score (nSPS) is 26.3. The van der Waals surface area contributed by atoms with Gasteiger partial charge in [-0.15, -0.1) is 11.8 Å². The van der Waals surface area contributed by atoms with E-state index in [1.165, 1.54) is 16.7 Å². The summed E-state index contributed by atoms with van der Waals surface area (Å²) >= 11 is 1.48. The minimum Gasteiger partial charge on any atom is -0.480 e. The molecule has 0 bridgehead atoms. The molecule has 0 aromatic heterocycles. The second-order valence-electron chi connectivity index (χ2n) is 3.55. The van der Waals surface area contributed by atoms with Crippen molar-refractivity contribution in [2.45, 2.75) is 24.9 Å². The van der Waals surface area contributed by atoms with Gasteiger partial charge in [0.2, 0.25) is 0 Å². The molecule has 1 heterocycles. The molecule has 0 aromatic carbocycles. The fraction of sp³-hybridized carbons (Fsp3) is 0.750. The largest absolute Gasteiger partial charge is 0.480 e. The van der Waals surface area contributed by atoms with Crippen LogP contribution in [0.4, 0.5) is 4.79 Å². The second-order valence-corrected chi connectivity index (χ2v) is 4.55. The van der Waals surface area contributed by atoms with Crippen molar-refractivity contribution in [2.75, 3.05) is 11.6 Å². The minimum absolute atomic E-state index is 0.232. The zero-order valence-electron chi connectivity index (χ0n) is 7.60. The third-order valence-electron chi connectivity index (χ3n) is 2.33. The number of carbonyl (C=O) groups excluding carboxylic acids is 1. The Kier molecular flexibility index (Phi) is 2.54. The summed E-state index contributed by atoms with van der Waals surface area (Å²) in [6.45, 7) is 0. The first-order chi connectivity index (χ1) is 6.68. The van der Waals surface area contributed by atoms with Gasteiger partial charge < -0.3 is 15.3 Å². The summed E-state index contributed by atoms with van der Waals surface area (Å²) < 4.78 is 0. The van der Waals surface area contributed by atoms with Gasteiger partial charge in [-0.25, -0.2) is 9.59 Å². The van der Waals surface area contributed by atoms with Crippen LogP contribution < -0.4 is 5.32 Å². The number of hydrogen-bond donors (Lipinski definition) is 2. The number of hydrogen-bond acceptors (Lipinski definition) is 3. The Bertz CT molecular complexity index is 267. The Balaban J connectivity index is 1.93. The van der Waals surface area contributed by atoms with Crippen LogP contribution in [0.2, 0.25) is 0 Å². The number of carbonyl (C=O) groups is 2. The maximum Gasteiger partial charge on any atom is 0.327 e. The fourth-order valence-electron chi connectivity index (χ4n) is 1.33. The number of aliphatic carboxylic acids is 1. The van der Waals surface area contributed by atoms with Gasteiger partial charge in [0.1, 0.15) is 6.04 Å². The van der Waals surface area contributed by atoms with Crippen molar-refractivity contribution in [1.29, 1.82) is 0 Å². The molecule has 2 rings (SSSR count). The molecular formula is C8H12N2O3S. The van der Waals surface area contributed by atoms with Crippen molar-refractivity contribution in [1.82, 2.24) is 10.2 Å². The van der Waals surface area contributed by atoms with Crippen molar-refractivity contribution < 1.29 is 14.7 Å². The Morgan fingerprint density at radius 1 is 1.43 bits per heavy atom. The molecule has 1 unspecified atom stereocenters. The quantitative estimate of drug-likeness (QED) is 0.697. The van der Waals surface area contributed by atoms with Crippen molar-refractivity contribution >= 4 is 23.8 Å². The summed E-state index contributed by atoms with van der Waals surface area (Å²) in [6.07, 6.45) is 2.04. The molecule has 1 aliphatic heterocycles. The average molecular weight is 216 g/mol. The summed E-state index contributed by atoms with van der Waals surface area (Å²) in [5.41, 5.74) is 0. The topological polar surface area (TPSA) is 69.6 Å². The molecule has 14 heavy (non-hydrogen) atoms. The monoisotopic (exact) mass is 216 g/mol. The molecule has 1 saturated carbocycles. The summed E-state index contributed by atoms with van der Waals surface area (Å²) in [6, 6.07) is -0.605. The van der Waals surface area contributed by atoms with E-state index < -0.39 is 12.0 Å². The lowest BCUT2D eigenvalue weighted by atomic mass is 10.3. The molecule has 0 radical (unpaired) electrons. The third kappa shape index (κ3) is 1.95. The number of thioether (sulfide) groups is 1. The van der Waals surface area contributed by atoms with E-state index in [1.807, 2.05) is 0 Å². The minimum atomic E-state index is -0.916. The first kappa shape index (κ1) is 9.64. The van der Waals surface area contributed by atoms with Gasteiger partial charge >= 0.3 is 12.0 Å². The molecule has 0 aromatic rings. The lowest BCUT2D eigenvalue weighted by Crippen LogP contribution is -2.47. The van der Waals surface area contributed by atoms with E-state index in [0.717, 1.165) is 12.8 Å². The van der Waals surface area contributed by atoms with Gasteiger partial charge in [-0.2, -0.15) is 0 Å². The van der Waals surface area contributed by atoms with Crippen LogP contribution in [0.1, 0.15) is 12.8 Å². The maximum atomic E-state index is 11.5. The van der Waals surface area contributed by atoms with Crippen LogP contribution in [0, 0.1) is 0 Å². The molecule has 2 amide bonds. The summed E-state index contributed by atoms with van der Waals surface area (Å²) in [7, 11) is 0. The van der Waals surface area contributed by atoms with Crippen molar-refractivity contribution in [3.05, 3.63) is 0 Å². The molecule has 1 aliphatic carbocycles. The molecule has 2 N–H and O–H groups in total. The molecule has 2 fully saturated rings. The third-order valence-corrected chi connectivity index (χ3v) is 3.35. The summed E-state index contributed by atoms with van der Waals surface area (Å²) in [5.74, 6) is 0.0593. The molecule has 78 valence electrons. The number of nitrogens with one attached hydrogen (secondary N) is 1. The zero-order chi connectivity index (χ0) is 10.1. The number of amides is 2. The van der Waals surface area contributed by atoms with E-state index in [4.69, 9.17) is 5.11 Å². The Labute approximate surface area is 85.8 Å². The standard InChI is InChI=1S/C8H12N2O3S/c11-7(12)6-3-14-4-10(6)8(13)9-5-1-2-5/h5-6H,1-4H2,(H,9,13)(H,11,12). The van der Waals surface area contributed by atoms with E-state index in [-0.39, 0.29) is 12.1 Å². The highest BCUT2D eigenvalue weighted by atomic mass is 32.2. The highest BCUT2D eigenvalue weighted by Gasteiger charge is 2.36. The molecule has 1 atom stereocenters. The van der Waals surface area contributed by atoms with E-state index in [9.17, 15) is 9.59 Å². The molecule has 1 saturated heterocycles. The number of rotatable bonds is 2. The van der Waals surface area contributed by atoms with Crippen LogP contribution in [-0.4, -0.2) is 45.7 Å². The predicted molar refractivity (Wildman–Crippen MR) is 52.1 cm³/mol. The molecule has 6 heteroatoms. The average Bonchev–Trinajstić information content (AvgIpc) is 2.81. The summed E-state index contributed by atoms with van der Waals surface area (Å²) in [5, 5.41) is 11.6. The van der Waals surface area contributed by atoms with Crippen molar-refractivity contribution in [3.63, 3.8) is 0 Å². The smallest absolute Gasteiger partial charge is 0.327 e.